The van der Waals surface area contributed by atoms with Gasteiger partial charge in [0.05, 0.1) is 13.2 Å². The molecule has 2 heterocycles. The molecular formula is C12H24N2O2. The summed E-state index contributed by atoms with van der Waals surface area (Å²) < 4.78 is 5.35. The monoisotopic (exact) mass is 228 g/mol. The molecule has 16 heavy (non-hydrogen) atoms. The average Bonchev–Trinajstić information content (AvgIpc) is 2.38. The van der Waals surface area contributed by atoms with Gasteiger partial charge in [-0.1, -0.05) is 0 Å². The van der Waals surface area contributed by atoms with Gasteiger partial charge in [0.1, 0.15) is 0 Å². The van der Waals surface area contributed by atoms with Crippen LogP contribution in [0, 0.1) is 11.8 Å². The lowest BCUT2D eigenvalue weighted by Crippen LogP contribution is -2.43. The minimum absolute atomic E-state index is 0.335. The maximum Gasteiger partial charge on any atom is 0.0594 e. The molecule has 2 rings (SSSR count). The predicted octanol–water partition coefficient (Wildman–Crippen LogP) is -0.0733. The number of piperidine rings is 1. The van der Waals surface area contributed by atoms with Crippen LogP contribution in [0.3, 0.4) is 0 Å². The van der Waals surface area contributed by atoms with Gasteiger partial charge < -0.3 is 15.2 Å². The summed E-state index contributed by atoms with van der Waals surface area (Å²) in [7, 11) is 0. The molecule has 0 radical (unpaired) electrons. The van der Waals surface area contributed by atoms with Crippen molar-refractivity contribution in [3.63, 3.8) is 0 Å². The van der Waals surface area contributed by atoms with E-state index < -0.39 is 0 Å². The molecule has 4 heteroatoms. The Kier molecular flexibility index (Phi) is 5.03. The number of rotatable bonds is 4. The zero-order chi connectivity index (χ0) is 11.2. The fourth-order valence-electron chi connectivity index (χ4n) is 2.79. The molecule has 2 fully saturated rings. The van der Waals surface area contributed by atoms with Crippen molar-refractivity contribution in [2.75, 3.05) is 52.5 Å². The van der Waals surface area contributed by atoms with Gasteiger partial charge in [-0.15, -0.1) is 0 Å². The smallest absolute Gasteiger partial charge is 0.0594 e. The highest BCUT2D eigenvalue weighted by molar-refractivity contribution is 4.78. The van der Waals surface area contributed by atoms with Gasteiger partial charge in [0.15, 0.2) is 0 Å². The first-order chi connectivity index (χ1) is 7.90. The Balaban J connectivity index is 1.78. The van der Waals surface area contributed by atoms with Gasteiger partial charge in [0.2, 0.25) is 0 Å². The fraction of sp³-hybridized carbons (Fsp3) is 1.00. The lowest BCUT2D eigenvalue weighted by Gasteiger charge is -2.35. The predicted molar refractivity (Wildman–Crippen MR) is 63.4 cm³/mol. The Morgan fingerprint density at radius 1 is 1.25 bits per heavy atom. The molecule has 2 aliphatic rings. The second kappa shape index (κ2) is 6.55. The summed E-state index contributed by atoms with van der Waals surface area (Å²) in [6, 6.07) is 0. The molecule has 0 aromatic heterocycles. The molecule has 94 valence electrons. The average molecular weight is 228 g/mol. The number of hydrogen-bond acceptors (Lipinski definition) is 4. The molecule has 2 aliphatic heterocycles. The van der Waals surface area contributed by atoms with Gasteiger partial charge in [0.25, 0.3) is 0 Å². The zero-order valence-corrected chi connectivity index (χ0v) is 10.0. The Hall–Kier alpha value is -0.160. The highest BCUT2D eigenvalue weighted by atomic mass is 16.5. The van der Waals surface area contributed by atoms with Crippen LogP contribution in [0.1, 0.15) is 12.8 Å². The number of hydrogen-bond donors (Lipinski definition) is 2. The maximum absolute atomic E-state index is 9.53. The van der Waals surface area contributed by atoms with E-state index in [1.807, 2.05) is 0 Å². The maximum atomic E-state index is 9.53. The van der Waals surface area contributed by atoms with Crippen LogP contribution in [-0.2, 0) is 4.74 Å². The van der Waals surface area contributed by atoms with Gasteiger partial charge in [-0.05, 0) is 37.8 Å². The molecule has 2 N–H and O–H groups in total. The summed E-state index contributed by atoms with van der Waals surface area (Å²) in [4.78, 5) is 2.44. The van der Waals surface area contributed by atoms with Crippen molar-refractivity contribution in [3.8, 4) is 0 Å². The Bertz CT molecular complexity index is 189. The number of ether oxygens (including phenoxy) is 1. The summed E-state index contributed by atoms with van der Waals surface area (Å²) in [6.07, 6.45) is 2.44. The molecular weight excluding hydrogens is 204 g/mol. The summed E-state index contributed by atoms with van der Waals surface area (Å²) in [5.41, 5.74) is 0. The molecule has 1 unspecified atom stereocenters. The highest BCUT2D eigenvalue weighted by Crippen LogP contribution is 2.22. The molecule has 4 nitrogen and oxygen atoms in total. The molecule has 2 saturated heterocycles. The zero-order valence-electron chi connectivity index (χ0n) is 10.0. The van der Waals surface area contributed by atoms with Gasteiger partial charge in [-0.2, -0.15) is 0 Å². The van der Waals surface area contributed by atoms with E-state index in [1.165, 1.54) is 12.8 Å². The first kappa shape index (κ1) is 12.3. The molecule has 1 atom stereocenters. The van der Waals surface area contributed by atoms with Crippen molar-refractivity contribution in [2.24, 2.45) is 11.8 Å². The van der Waals surface area contributed by atoms with E-state index in [0.29, 0.717) is 18.4 Å². The molecule has 0 saturated carbocycles. The molecule has 0 bridgehead atoms. The number of morpholine rings is 1. The van der Waals surface area contributed by atoms with E-state index in [4.69, 9.17) is 4.74 Å². The summed E-state index contributed by atoms with van der Waals surface area (Å²) in [6.45, 7) is 7.37. The third-order valence-electron chi connectivity index (χ3n) is 3.88. The molecule has 0 amide bonds. The van der Waals surface area contributed by atoms with Gasteiger partial charge in [-0.25, -0.2) is 0 Å². The molecule has 0 spiro atoms. The quantitative estimate of drug-likeness (QED) is 0.707. The summed E-state index contributed by atoms with van der Waals surface area (Å²) >= 11 is 0. The SMILES string of the molecule is OCC(CN1CCOCC1)C1CCNCC1. The van der Waals surface area contributed by atoms with Crippen molar-refractivity contribution in [1.82, 2.24) is 10.2 Å². The second-order valence-electron chi connectivity index (χ2n) is 4.94. The highest BCUT2D eigenvalue weighted by Gasteiger charge is 2.25. The lowest BCUT2D eigenvalue weighted by atomic mass is 9.85. The Morgan fingerprint density at radius 2 is 1.94 bits per heavy atom. The number of aliphatic hydroxyl groups excluding tert-OH is 1. The summed E-state index contributed by atoms with van der Waals surface area (Å²) in [5, 5.41) is 12.9. The van der Waals surface area contributed by atoms with Crippen LogP contribution < -0.4 is 5.32 Å². The third-order valence-corrected chi connectivity index (χ3v) is 3.88. The van der Waals surface area contributed by atoms with E-state index in [9.17, 15) is 5.11 Å². The van der Waals surface area contributed by atoms with E-state index in [0.717, 1.165) is 45.9 Å². The Morgan fingerprint density at radius 3 is 2.56 bits per heavy atom. The van der Waals surface area contributed by atoms with Crippen LogP contribution in [0.15, 0.2) is 0 Å². The van der Waals surface area contributed by atoms with Crippen molar-refractivity contribution in [3.05, 3.63) is 0 Å². The van der Waals surface area contributed by atoms with Crippen LogP contribution >= 0.6 is 0 Å². The van der Waals surface area contributed by atoms with Crippen molar-refractivity contribution in [1.29, 1.82) is 0 Å². The first-order valence-corrected chi connectivity index (χ1v) is 6.52. The first-order valence-electron chi connectivity index (χ1n) is 6.52. The topological polar surface area (TPSA) is 44.7 Å². The second-order valence-corrected chi connectivity index (χ2v) is 4.94. The van der Waals surface area contributed by atoms with E-state index >= 15 is 0 Å². The van der Waals surface area contributed by atoms with Crippen LogP contribution in [0.4, 0.5) is 0 Å². The van der Waals surface area contributed by atoms with Crippen LogP contribution in [0.5, 0.6) is 0 Å². The van der Waals surface area contributed by atoms with Crippen LogP contribution in [0.25, 0.3) is 0 Å². The number of nitrogens with one attached hydrogen (secondary N) is 1. The number of aliphatic hydroxyl groups is 1. The van der Waals surface area contributed by atoms with Crippen molar-refractivity contribution >= 4 is 0 Å². The largest absolute Gasteiger partial charge is 0.396 e. The minimum atomic E-state index is 0.335. The standard InChI is InChI=1S/C12H24N2O2/c15-10-12(11-1-3-13-4-2-11)9-14-5-7-16-8-6-14/h11-13,15H,1-10H2. The molecule has 0 aliphatic carbocycles. The lowest BCUT2D eigenvalue weighted by molar-refractivity contribution is 0.0156. The van der Waals surface area contributed by atoms with Gasteiger partial charge >= 0.3 is 0 Å². The third kappa shape index (κ3) is 3.42. The minimum Gasteiger partial charge on any atom is -0.396 e. The number of nitrogens with zero attached hydrogens (tertiary/aromatic N) is 1. The molecule has 0 aromatic carbocycles. The fourth-order valence-corrected chi connectivity index (χ4v) is 2.79. The van der Waals surface area contributed by atoms with Gasteiger partial charge in [0, 0.05) is 26.2 Å². The van der Waals surface area contributed by atoms with Crippen molar-refractivity contribution in [2.45, 2.75) is 12.8 Å². The van der Waals surface area contributed by atoms with E-state index in [-0.39, 0.29) is 0 Å². The summed E-state index contributed by atoms with van der Waals surface area (Å²) in [5.74, 6) is 1.16. The van der Waals surface area contributed by atoms with Crippen LogP contribution in [-0.4, -0.2) is 62.6 Å². The molecule has 0 aromatic rings. The van der Waals surface area contributed by atoms with Crippen molar-refractivity contribution < 1.29 is 9.84 Å². The van der Waals surface area contributed by atoms with Crippen LogP contribution in [0.2, 0.25) is 0 Å². The Labute approximate surface area is 98.0 Å². The van der Waals surface area contributed by atoms with E-state index in [1.54, 1.807) is 0 Å². The van der Waals surface area contributed by atoms with E-state index in [2.05, 4.69) is 10.2 Å². The normalized spacial score (nSPS) is 26.8. The van der Waals surface area contributed by atoms with Gasteiger partial charge in [-0.3, -0.25) is 4.90 Å².